The van der Waals surface area contributed by atoms with Crippen LogP contribution in [-0.4, -0.2) is 12.1 Å². The van der Waals surface area contributed by atoms with Gasteiger partial charge in [-0.25, -0.2) is 4.99 Å². The Kier molecular flexibility index (Phi) is 7.85. The lowest BCUT2D eigenvalue weighted by Crippen LogP contribution is -2.14. The number of benzene rings is 3. The number of aryl methyl sites for hydroxylation is 1. The van der Waals surface area contributed by atoms with Crippen molar-refractivity contribution < 1.29 is 9.53 Å². The molecule has 1 heterocycles. The van der Waals surface area contributed by atoms with Gasteiger partial charge in [0.2, 0.25) is 0 Å². The van der Waals surface area contributed by atoms with Gasteiger partial charge in [0.25, 0.3) is 5.91 Å². The Morgan fingerprint density at radius 3 is 2.67 bits per heavy atom. The van der Waals surface area contributed by atoms with Crippen molar-refractivity contribution in [2.45, 2.75) is 32.3 Å². The number of aliphatic imine (C=N–C) groups is 1. The van der Waals surface area contributed by atoms with Crippen molar-refractivity contribution in [3.8, 4) is 5.75 Å². The molecule has 0 fully saturated rings. The molecule has 4 nitrogen and oxygen atoms in total. The SMILES string of the molecule is O=C(Nc1ccccc1)c1c(N=Cc2cc(Br)ccc2OCc2ccccc2Cl)sc2c1CCCC2. The highest BCUT2D eigenvalue weighted by molar-refractivity contribution is 9.10. The number of fused-ring (bicyclic) bond motifs is 1. The summed E-state index contributed by atoms with van der Waals surface area (Å²) in [5, 5.41) is 4.44. The maximum Gasteiger partial charge on any atom is 0.259 e. The zero-order valence-electron chi connectivity index (χ0n) is 19.5. The number of amides is 1. The first kappa shape index (κ1) is 24.8. The molecule has 1 aromatic heterocycles. The second-order valence-electron chi connectivity index (χ2n) is 8.53. The largest absolute Gasteiger partial charge is 0.488 e. The van der Waals surface area contributed by atoms with Gasteiger partial charge >= 0.3 is 0 Å². The molecule has 0 bridgehead atoms. The van der Waals surface area contributed by atoms with E-state index in [1.165, 1.54) is 4.88 Å². The number of hydrogen-bond acceptors (Lipinski definition) is 4. The van der Waals surface area contributed by atoms with E-state index in [2.05, 4.69) is 21.2 Å². The van der Waals surface area contributed by atoms with Crippen LogP contribution < -0.4 is 10.1 Å². The van der Waals surface area contributed by atoms with Gasteiger partial charge in [-0.1, -0.05) is 63.9 Å². The first-order valence-corrected chi connectivity index (χ1v) is 13.8. The number of para-hydroxylation sites is 1. The highest BCUT2D eigenvalue weighted by atomic mass is 79.9. The second-order valence-corrected chi connectivity index (χ2v) is 10.9. The summed E-state index contributed by atoms with van der Waals surface area (Å²) in [7, 11) is 0. The van der Waals surface area contributed by atoms with Crippen molar-refractivity contribution in [3.63, 3.8) is 0 Å². The van der Waals surface area contributed by atoms with Gasteiger partial charge in [0, 0.05) is 37.4 Å². The van der Waals surface area contributed by atoms with Crippen LogP contribution in [0.1, 0.15) is 44.8 Å². The molecule has 0 unspecified atom stereocenters. The van der Waals surface area contributed by atoms with E-state index < -0.39 is 0 Å². The quantitative estimate of drug-likeness (QED) is 0.223. The van der Waals surface area contributed by atoms with Crippen LogP contribution in [0.25, 0.3) is 0 Å². The number of ether oxygens (including phenoxy) is 1. The first-order valence-electron chi connectivity index (χ1n) is 11.8. The Hall–Kier alpha value is -2.93. The van der Waals surface area contributed by atoms with Gasteiger partial charge in [0.1, 0.15) is 17.4 Å². The van der Waals surface area contributed by atoms with Crippen LogP contribution in [0.5, 0.6) is 5.75 Å². The molecule has 0 saturated heterocycles. The standard InChI is InChI=1S/C29H24BrClN2O2S/c30-21-14-15-25(35-18-19-8-4-6-12-24(19)31)20(16-21)17-32-29-27(23-11-5-7-13-26(23)36-29)28(34)33-22-9-2-1-3-10-22/h1-4,6,8-10,12,14-17H,5,7,11,13,18H2,(H,33,34). The van der Waals surface area contributed by atoms with Crippen LogP contribution in [0.15, 0.2) is 82.3 Å². The molecule has 36 heavy (non-hydrogen) atoms. The molecular formula is C29H24BrClN2O2S. The molecule has 0 radical (unpaired) electrons. The number of nitrogens with one attached hydrogen (secondary N) is 1. The van der Waals surface area contributed by atoms with Crippen LogP contribution >= 0.6 is 38.9 Å². The molecule has 0 saturated carbocycles. The van der Waals surface area contributed by atoms with E-state index in [0.29, 0.717) is 22.9 Å². The average molecular weight is 580 g/mol. The Morgan fingerprint density at radius 1 is 1.06 bits per heavy atom. The molecule has 1 amide bonds. The molecule has 3 aromatic carbocycles. The minimum Gasteiger partial charge on any atom is -0.488 e. The van der Waals surface area contributed by atoms with Gasteiger partial charge in [-0.3, -0.25) is 4.79 Å². The highest BCUT2D eigenvalue weighted by Crippen LogP contribution is 2.40. The predicted molar refractivity (Wildman–Crippen MR) is 153 cm³/mol. The van der Waals surface area contributed by atoms with Crippen LogP contribution in [0.2, 0.25) is 5.02 Å². The van der Waals surface area contributed by atoms with Gasteiger partial charge < -0.3 is 10.1 Å². The summed E-state index contributed by atoms with van der Waals surface area (Å²) < 4.78 is 7.03. The lowest BCUT2D eigenvalue weighted by atomic mass is 9.95. The number of nitrogens with zero attached hydrogens (tertiary/aromatic N) is 1. The monoisotopic (exact) mass is 578 g/mol. The summed E-state index contributed by atoms with van der Waals surface area (Å²) in [6.07, 6.45) is 5.90. The smallest absolute Gasteiger partial charge is 0.259 e. The van der Waals surface area contributed by atoms with Gasteiger partial charge in [-0.05, 0) is 67.6 Å². The fourth-order valence-electron chi connectivity index (χ4n) is 4.24. The molecule has 7 heteroatoms. The first-order chi connectivity index (χ1) is 17.6. The summed E-state index contributed by atoms with van der Waals surface area (Å²) >= 11 is 11.5. The van der Waals surface area contributed by atoms with Crippen LogP contribution in [0.3, 0.4) is 0 Å². The lowest BCUT2D eigenvalue weighted by molar-refractivity contribution is 0.102. The lowest BCUT2D eigenvalue weighted by Gasteiger charge is -2.13. The van der Waals surface area contributed by atoms with E-state index >= 15 is 0 Å². The molecule has 182 valence electrons. The fraction of sp³-hybridized carbons (Fsp3) is 0.172. The van der Waals surface area contributed by atoms with E-state index in [4.69, 9.17) is 21.3 Å². The van der Waals surface area contributed by atoms with Crippen LogP contribution in [-0.2, 0) is 19.4 Å². The number of carbonyl (C=O) groups is 1. The number of rotatable bonds is 7. The molecule has 0 atom stereocenters. The average Bonchev–Trinajstić information content (AvgIpc) is 3.27. The third-order valence-corrected chi connectivity index (χ3v) is 8.11. The summed E-state index contributed by atoms with van der Waals surface area (Å²) in [5.74, 6) is 0.579. The topological polar surface area (TPSA) is 50.7 Å². The van der Waals surface area contributed by atoms with Gasteiger partial charge in [0.05, 0.1) is 5.56 Å². The van der Waals surface area contributed by atoms with Gasteiger partial charge in [-0.15, -0.1) is 11.3 Å². The molecule has 1 aliphatic rings. The molecule has 1 N–H and O–H groups in total. The van der Waals surface area contributed by atoms with E-state index in [9.17, 15) is 4.79 Å². The molecule has 5 rings (SSSR count). The third kappa shape index (κ3) is 5.72. The number of halogens is 2. The zero-order valence-corrected chi connectivity index (χ0v) is 22.6. The predicted octanol–water partition coefficient (Wildman–Crippen LogP) is 8.62. The molecule has 0 aliphatic heterocycles. The van der Waals surface area contributed by atoms with Crippen LogP contribution in [0.4, 0.5) is 10.7 Å². The van der Waals surface area contributed by atoms with E-state index in [-0.39, 0.29) is 5.91 Å². The zero-order chi connectivity index (χ0) is 24.9. The maximum absolute atomic E-state index is 13.4. The van der Waals surface area contributed by atoms with E-state index in [0.717, 1.165) is 57.5 Å². The fourth-order valence-corrected chi connectivity index (χ4v) is 6.04. The summed E-state index contributed by atoms with van der Waals surface area (Å²) in [5.41, 5.74) is 4.32. The second kappa shape index (κ2) is 11.4. The number of anilines is 1. The molecular weight excluding hydrogens is 556 g/mol. The third-order valence-electron chi connectivity index (χ3n) is 6.05. The molecule has 4 aromatic rings. The summed E-state index contributed by atoms with van der Waals surface area (Å²) in [4.78, 5) is 19.5. The van der Waals surface area contributed by atoms with Gasteiger partial charge in [-0.2, -0.15) is 0 Å². The Labute approximate surface area is 228 Å². The van der Waals surface area contributed by atoms with Gasteiger partial charge in [0.15, 0.2) is 0 Å². The Balaban J connectivity index is 1.44. The normalized spacial score (nSPS) is 12.9. The summed E-state index contributed by atoms with van der Waals surface area (Å²) in [6.45, 7) is 0.347. The Bertz CT molecular complexity index is 1420. The highest BCUT2D eigenvalue weighted by Gasteiger charge is 2.25. The van der Waals surface area contributed by atoms with Crippen LogP contribution in [0, 0.1) is 0 Å². The minimum absolute atomic E-state index is 0.114. The summed E-state index contributed by atoms with van der Waals surface area (Å²) in [6, 6.07) is 23.0. The Morgan fingerprint density at radius 2 is 1.83 bits per heavy atom. The van der Waals surface area contributed by atoms with Crippen molar-refractivity contribution in [1.82, 2.24) is 0 Å². The van der Waals surface area contributed by atoms with Crippen molar-refractivity contribution >= 4 is 61.7 Å². The van der Waals surface area contributed by atoms with Crippen molar-refractivity contribution in [3.05, 3.63) is 109 Å². The number of thiophene rings is 1. The minimum atomic E-state index is -0.114. The van der Waals surface area contributed by atoms with E-state index in [1.54, 1.807) is 17.6 Å². The van der Waals surface area contributed by atoms with Crippen molar-refractivity contribution in [2.24, 2.45) is 4.99 Å². The van der Waals surface area contributed by atoms with Crippen molar-refractivity contribution in [1.29, 1.82) is 0 Å². The maximum atomic E-state index is 13.4. The number of hydrogen-bond donors (Lipinski definition) is 1. The van der Waals surface area contributed by atoms with Crippen molar-refractivity contribution in [2.75, 3.05) is 5.32 Å². The molecule has 1 aliphatic carbocycles. The number of carbonyl (C=O) groups excluding carboxylic acids is 1. The molecule has 0 spiro atoms. The van der Waals surface area contributed by atoms with E-state index in [1.807, 2.05) is 72.8 Å².